The predicted molar refractivity (Wildman–Crippen MR) is 81.6 cm³/mol. The lowest BCUT2D eigenvalue weighted by Crippen LogP contribution is -2.59. The minimum Gasteiger partial charge on any atom is -0.368 e. The quantitative estimate of drug-likeness (QED) is 0.865. The average molecular weight is 289 g/mol. The van der Waals surface area contributed by atoms with Crippen LogP contribution in [0.15, 0.2) is 30.3 Å². The third-order valence-corrected chi connectivity index (χ3v) is 3.98. The fourth-order valence-corrected chi connectivity index (χ4v) is 2.81. The van der Waals surface area contributed by atoms with Gasteiger partial charge < -0.3 is 10.6 Å². The molecular formula is C16H23N3O2. The van der Waals surface area contributed by atoms with Crippen LogP contribution in [0.5, 0.6) is 0 Å². The summed E-state index contributed by atoms with van der Waals surface area (Å²) in [5.74, 6) is -0.499. The van der Waals surface area contributed by atoms with Gasteiger partial charge >= 0.3 is 0 Å². The van der Waals surface area contributed by atoms with Crippen LogP contribution in [0.1, 0.15) is 18.9 Å². The molecule has 1 fully saturated rings. The van der Waals surface area contributed by atoms with Gasteiger partial charge in [-0.2, -0.15) is 0 Å². The van der Waals surface area contributed by atoms with Crippen molar-refractivity contribution in [2.75, 3.05) is 26.2 Å². The first-order valence-corrected chi connectivity index (χ1v) is 7.40. The van der Waals surface area contributed by atoms with Gasteiger partial charge in [0.1, 0.15) is 6.04 Å². The summed E-state index contributed by atoms with van der Waals surface area (Å²) in [4.78, 5) is 26.8. The third-order valence-electron chi connectivity index (χ3n) is 3.98. The number of aryl methyl sites for hydroxylation is 1. The summed E-state index contributed by atoms with van der Waals surface area (Å²) in [5.41, 5.74) is 6.74. The van der Waals surface area contributed by atoms with Crippen LogP contribution in [-0.4, -0.2) is 53.8 Å². The maximum Gasteiger partial charge on any atom is 0.241 e. The molecule has 0 saturated carbocycles. The molecule has 0 bridgehead atoms. The predicted octanol–water partition coefficient (Wildman–Crippen LogP) is 0.637. The van der Waals surface area contributed by atoms with Gasteiger partial charge in [0.25, 0.3) is 0 Å². The van der Waals surface area contributed by atoms with Crippen LogP contribution in [0.2, 0.25) is 0 Å². The van der Waals surface area contributed by atoms with Crippen LogP contribution in [0.4, 0.5) is 0 Å². The zero-order valence-corrected chi connectivity index (χ0v) is 12.5. The number of carbonyl (C=O) groups excluding carboxylic acids is 2. The highest BCUT2D eigenvalue weighted by Gasteiger charge is 2.32. The summed E-state index contributed by atoms with van der Waals surface area (Å²) in [6, 6.07) is 9.86. The molecule has 21 heavy (non-hydrogen) atoms. The molecule has 1 atom stereocenters. The SMILES string of the molecule is CC(=O)N1CCN(CCCc2ccccc2)CC1C(N)=O. The topological polar surface area (TPSA) is 66.6 Å². The van der Waals surface area contributed by atoms with Gasteiger partial charge in [0.15, 0.2) is 0 Å². The van der Waals surface area contributed by atoms with E-state index in [2.05, 4.69) is 17.0 Å². The summed E-state index contributed by atoms with van der Waals surface area (Å²) >= 11 is 0. The van der Waals surface area contributed by atoms with E-state index >= 15 is 0 Å². The van der Waals surface area contributed by atoms with Crippen molar-refractivity contribution in [3.8, 4) is 0 Å². The Morgan fingerprint density at radius 2 is 1.95 bits per heavy atom. The molecule has 114 valence electrons. The zero-order chi connectivity index (χ0) is 15.2. The van der Waals surface area contributed by atoms with Crippen molar-refractivity contribution in [1.29, 1.82) is 0 Å². The summed E-state index contributed by atoms with van der Waals surface area (Å²) in [5, 5.41) is 0. The van der Waals surface area contributed by atoms with E-state index in [1.165, 1.54) is 12.5 Å². The minimum absolute atomic E-state index is 0.0808. The molecule has 0 spiro atoms. The highest BCUT2D eigenvalue weighted by molar-refractivity contribution is 5.86. The number of hydrogen-bond donors (Lipinski definition) is 1. The van der Waals surface area contributed by atoms with Crippen molar-refractivity contribution < 1.29 is 9.59 Å². The Labute approximate surface area is 125 Å². The molecule has 2 N–H and O–H groups in total. The Balaban J connectivity index is 1.82. The minimum atomic E-state index is -0.493. The normalized spacial score (nSPS) is 19.5. The Kier molecular flexibility index (Phi) is 5.33. The lowest BCUT2D eigenvalue weighted by Gasteiger charge is -2.39. The molecule has 1 aliphatic heterocycles. The summed E-state index contributed by atoms with van der Waals surface area (Å²) in [6.45, 7) is 4.33. The number of nitrogens with zero attached hydrogens (tertiary/aromatic N) is 2. The number of nitrogens with two attached hydrogens (primary N) is 1. The van der Waals surface area contributed by atoms with Gasteiger partial charge in [0, 0.05) is 26.6 Å². The molecule has 1 saturated heterocycles. The lowest BCUT2D eigenvalue weighted by molar-refractivity contribution is -0.141. The molecule has 2 rings (SSSR count). The Bertz CT molecular complexity index is 490. The summed E-state index contributed by atoms with van der Waals surface area (Å²) < 4.78 is 0. The summed E-state index contributed by atoms with van der Waals surface area (Å²) in [7, 11) is 0. The van der Waals surface area contributed by atoms with Gasteiger partial charge in [-0.1, -0.05) is 30.3 Å². The molecule has 1 aromatic rings. The van der Waals surface area contributed by atoms with Crippen LogP contribution < -0.4 is 5.73 Å². The Morgan fingerprint density at radius 3 is 2.57 bits per heavy atom. The van der Waals surface area contributed by atoms with Crippen LogP contribution in [0, 0.1) is 0 Å². The molecule has 5 heteroatoms. The molecule has 2 amide bonds. The van der Waals surface area contributed by atoms with Gasteiger partial charge in [0.05, 0.1) is 0 Å². The first-order valence-electron chi connectivity index (χ1n) is 7.40. The van der Waals surface area contributed by atoms with Crippen molar-refractivity contribution in [2.45, 2.75) is 25.8 Å². The molecule has 1 aliphatic rings. The molecule has 1 heterocycles. The maximum absolute atomic E-state index is 11.5. The van der Waals surface area contributed by atoms with Crippen LogP contribution in [0.25, 0.3) is 0 Å². The van der Waals surface area contributed by atoms with E-state index < -0.39 is 11.9 Å². The van der Waals surface area contributed by atoms with Gasteiger partial charge in [0.2, 0.25) is 11.8 Å². The zero-order valence-electron chi connectivity index (χ0n) is 12.5. The maximum atomic E-state index is 11.5. The number of amides is 2. The van der Waals surface area contributed by atoms with Crippen LogP contribution in [0.3, 0.4) is 0 Å². The van der Waals surface area contributed by atoms with E-state index in [4.69, 9.17) is 5.73 Å². The molecule has 1 aromatic carbocycles. The first kappa shape index (κ1) is 15.5. The fraction of sp³-hybridized carbons (Fsp3) is 0.500. The number of piperazine rings is 1. The standard InChI is InChI=1S/C16H23N3O2/c1-13(20)19-11-10-18(12-15(19)16(17)21)9-5-8-14-6-3-2-4-7-14/h2-4,6-7,15H,5,8-12H2,1H3,(H2,17,21). The lowest BCUT2D eigenvalue weighted by atomic mass is 10.1. The van der Waals surface area contributed by atoms with Gasteiger partial charge in [-0.3, -0.25) is 14.5 Å². The monoisotopic (exact) mass is 289 g/mol. The van der Waals surface area contributed by atoms with E-state index in [1.54, 1.807) is 4.90 Å². The molecule has 0 radical (unpaired) electrons. The van der Waals surface area contributed by atoms with E-state index in [1.807, 2.05) is 18.2 Å². The number of carbonyl (C=O) groups is 2. The van der Waals surface area contributed by atoms with Crippen molar-refractivity contribution in [3.63, 3.8) is 0 Å². The number of primary amides is 1. The van der Waals surface area contributed by atoms with E-state index in [-0.39, 0.29) is 5.91 Å². The first-order chi connectivity index (χ1) is 10.1. The number of benzene rings is 1. The molecular weight excluding hydrogens is 266 g/mol. The molecule has 0 aromatic heterocycles. The molecule has 5 nitrogen and oxygen atoms in total. The van der Waals surface area contributed by atoms with Crippen molar-refractivity contribution in [3.05, 3.63) is 35.9 Å². The van der Waals surface area contributed by atoms with E-state index in [9.17, 15) is 9.59 Å². The Morgan fingerprint density at radius 1 is 1.24 bits per heavy atom. The van der Waals surface area contributed by atoms with Crippen molar-refractivity contribution >= 4 is 11.8 Å². The second-order valence-electron chi connectivity index (χ2n) is 5.52. The smallest absolute Gasteiger partial charge is 0.241 e. The molecule has 0 aliphatic carbocycles. The fourth-order valence-electron chi connectivity index (χ4n) is 2.81. The van der Waals surface area contributed by atoms with Gasteiger partial charge in [-0.05, 0) is 24.9 Å². The summed E-state index contributed by atoms with van der Waals surface area (Å²) in [6.07, 6.45) is 2.06. The van der Waals surface area contributed by atoms with Crippen molar-refractivity contribution in [1.82, 2.24) is 9.80 Å². The van der Waals surface area contributed by atoms with Crippen LogP contribution in [-0.2, 0) is 16.0 Å². The highest BCUT2D eigenvalue weighted by Crippen LogP contribution is 2.11. The van der Waals surface area contributed by atoms with Crippen LogP contribution >= 0.6 is 0 Å². The Hall–Kier alpha value is -1.88. The van der Waals surface area contributed by atoms with E-state index in [0.29, 0.717) is 13.1 Å². The van der Waals surface area contributed by atoms with Gasteiger partial charge in [-0.15, -0.1) is 0 Å². The third kappa shape index (κ3) is 4.29. The number of rotatable bonds is 5. The second-order valence-corrected chi connectivity index (χ2v) is 5.52. The molecule has 1 unspecified atom stereocenters. The van der Waals surface area contributed by atoms with Crippen molar-refractivity contribution in [2.24, 2.45) is 5.73 Å². The largest absolute Gasteiger partial charge is 0.368 e. The number of hydrogen-bond acceptors (Lipinski definition) is 3. The van der Waals surface area contributed by atoms with Gasteiger partial charge in [-0.25, -0.2) is 0 Å². The van der Waals surface area contributed by atoms with E-state index in [0.717, 1.165) is 25.9 Å². The average Bonchev–Trinajstić information content (AvgIpc) is 2.48. The highest BCUT2D eigenvalue weighted by atomic mass is 16.2. The second kappa shape index (κ2) is 7.22.